The normalized spacial score (nSPS) is 49.2. The van der Waals surface area contributed by atoms with Crippen molar-refractivity contribution in [3.05, 3.63) is 0 Å². The van der Waals surface area contributed by atoms with E-state index in [2.05, 4.69) is 0 Å². The third kappa shape index (κ3) is 1.10. The second-order valence-electron chi connectivity index (χ2n) is 5.94. The number of hydrogen-bond donors (Lipinski definition) is 2. The molecule has 0 heterocycles. The Morgan fingerprint density at radius 3 is 2.12 bits per heavy atom. The molecule has 4 nitrogen and oxygen atoms in total. The smallest absolute Gasteiger partial charge is 0.307 e. The van der Waals surface area contributed by atoms with E-state index in [-0.39, 0.29) is 11.8 Å². The predicted octanol–water partition coefficient (Wildman–Crippen LogP) is 0.999. The van der Waals surface area contributed by atoms with Crippen LogP contribution in [0.2, 0.25) is 0 Å². The number of primary amides is 1. The highest BCUT2D eigenvalue weighted by atomic mass is 16.4. The number of hydrogen-bond acceptors (Lipinski definition) is 2. The van der Waals surface area contributed by atoms with Crippen LogP contribution < -0.4 is 5.73 Å². The summed E-state index contributed by atoms with van der Waals surface area (Å²) in [5.41, 5.74) is 4.80. The van der Waals surface area contributed by atoms with Crippen molar-refractivity contribution >= 4 is 11.9 Å². The second-order valence-corrected chi connectivity index (χ2v) is 5.94. The highest BCUT2D eigenvalue weighted by molar-refractivity contribution is 5.88. The molecule has 4 fully saturated rings. The Morgan fingerprint density at radius 1 is 1.12 bits per heavy atom. The molecule has 4 aliphatic carbocycles. The van der Waals surface area contributed by atoms with Gasteiger partial charge in [0.15, 0.2) is 0 Å². The summed E-state index contributed by atoms with van der Waals surface area (Å²) in [6.45, 7) is 0. The fourth-order valence-corrected chi connectivity index (χ4v) is 4.83. The summed E-state index contributed by atoms with van der Waals surface area (Å²) < 4.78 is 0. The van der Waals surface area contributed by atoms with Gasteiger partial charge in [-0.1, -0.05) is 0 Å². The first-order valence-electron chi connectivity index (χ1n) is 6.05. The molecule has 0 spiro atoms. The van der Waals surface area contributed by atoms with Gasteiger partial charge < -0.3 is 10.8 Å². The van der Waals surface area contributed by atoms with E-state index in [1.165, 1.54) is 6.42 Å². The van der Waals surface area contributed by atoms with Gasteiger partial charge in [-0.05, 0) is 49.9 Å². The van der Waals surface area contributed by atoms with Crippen molar-refractivity contribution in [1.29, 1.82) is 0 Å². The zero-order valence-corrected chi connectivity index (χ0v) is 9.19. The Hall–Kier alpha value is -1.06. The van der Waals surface area contributed by atoms with Crippen molar-refractivity contribution in [3.63, 3.8) is 0 Å². The Labute approximate surface area is 94.2 Å². The summed E-state index contributed by atoms with van der Waals surface area (Å²) in [4.78, 5) is 23.1. The van der Waals surface area contributed by atoms with Crippen molar-refractivity contribution in [1.82, 2.24) is 0 Å². The van der Waals surface area contributed by atoms with E-state index in [0.717, 1.165) is 12.8 Å². The molecule has 4 rings (SSSR count). The van der Waals surface area contributed by atoms with E-state index in [9.17, 15) is 14.7 Å². The zero-order chi connectivity index (χ0) is 11.5. The molecule has 3 atom stereocenters. The Balaban J connectivity index is 2.05. The number of amides is 1. The summed E-state index contributed by atoms with van der Waals surface area (Å²) >= 11 is 0. The minimum atomic E-state index is -0.817. The van der Waals surface area contributed by atoms with E-state index in [0.29, 0.717) is 24.7 Å². The van der Waals surface area contributed by atoms with Crippen molar-refractivity contribution in [2.24, 2.45) is 34.8 Å². The molecule has 16 heavy (non-hydrogen) atoms. The fraction of sp³-hybridized carbons (Fsp3) is 0.833. The molecule has 4 saturated carbocycles. The van der Waals surface area contributed by atoms with Crippen LogP contribution in [0, 0.1) is 29.1 Å². The number of carboxylic acid groups (broad SMARTS) is 1. The molecule has 4 aliphatic rings. The Kier molecular flexibility index (Phi) is 1.89. The molecule has 4 heteroatoms. The van der Waals surface area contributed by atoms with E-state index in [1.54, 1.807) is 0 Å². The summed E-state index contributed by atoms with van der Waals surface area (Å²) in [5.74, 6) is -0.433. The molecule has 3 N–H and O–H groups in total. The lowest BCUT2D eigenvalue weighted by Crippen LogP contribution is -2.60. The number of nitrogens with two attached hydrogens (primary N) is 1. The van der Waals surface area contributed by atoms with Crippen LogP contribution in [0.4, 0.5) is 0 Å². The number of carboxylic acids is 1. The molecule has 88 valence electrons. The summed E-state index contributed by atoms with van der Waals surface area (Å²) in [6, 6.07) is 0. The molecule has 0 aromatic heterocycles. The Bertz CT molecular complexity index is 351. The van der Waals surface area contributed by atoms with Gasteiger partial charge in [0, 0.05) is 0 Å². The third-order valence-electron chi connectivity index (χ3n) is 5.07. The minimum absolute atomic E-state index is 0.191. The third-order valence-corrected chi connectivity index (χ3v) is 5.07. The quantitative estimate of drug-likeness (QED) is 0.732. The predicted molar refractivity (Wildman–Crippen MR) is 56.3 cm³/mol. The summed E-state index contributed by atoms with van der Waals surface area (Å²) in [5, 5.41) is 9.35. The Morgan fingerprint density at radius 2 is 1.69 bits per heavy atom. The average Bonchev–Trinajstić information content (AvgIpc) is 2.14. The first-order valence-corrected chi connectivity index (χ1v) is 6.05. The van der Waals surface area contributed by atoms with Gasteiger partial charge in [0.05, 0.1) is 11.3 Å². The van der Waals surface area contributed by atoms with E-state index in [4.69, 9.17) is 5.73 Å². The van der Waals surface area contributed by atoms with Crippen molar-refractivity contribution in [2.45, 2.75) is 32.1 Å². The summed E-state index contributed by atoms with van der Waals surface area (Å²) in [7, 11) is 0. The van der Waals surface area contributed by atoms with Crippen LogP contribution in [0.15, 0.2) is 0 Å². The molecule has 0 aliphatic heterocycles. The number of carbonyl (C=O) groups is 2. The topological polar surface area (TPSA) is 80.4 Å². The molecule has 3 unspecified atom stereocenters. The van der Waals surface area contributed by atoms with Crippen molar-refractivity contribution < 1.29 is 14.7 Å². The van der Waals surface area contributed by atoms with Crippen LogP contribution in [0.25, 0.3) is 0 Å². The fourth-order valence-electron chi connectivity index (χ4n) is 4.83. The number of aliphatic carboxylic acids is 1. The molecule has 4 bridgehead atoms. The monoisotopic (exact) mass is 223 g/mol. The number of carbonyl (C=O) groups excluding carboxylic acids is 1. The first kappa shape index (κ1) is 10.1. The average molecular weight is 223 g/mol. The van der Waals surface area contributed by atoms with Crippen LogP contribution in [0.1, 0.15) is 32.1 Å². The highest BCUT2D eigenvalue weighted by Gasteiger charge is 2.62. The van der Waals surface area contributed by atoms with Crippen LogP contribution >= 0.6 is 0 Å². The van der Waals surface area contributed by atoms with Gasteiger partial charge in [-0.25, -0.2) is 0 Å². The summed E-state index contributed by atoms with van der Waals surface area (Å²) in [6.07, 6.45) is 4.58. The first-order chi connectivity index (χ1) is 7.53. The van der Waals surface area contributed by atoms with E-state index in [1.807, 2.05) is 0 Å². The SMILES string of the molecule is NC(=O)C12CC3CC(CC(C3)C1C(=O)O)C2. The molecule has 0 radical (unpaired) electrons. The standard InChI is InChI=1S/C12H17NO3/c13-11(16)12-4-6-1-7(5-12)3-8(2-6)9(12)10(14)15/h6-9H,1-5H2,(H2,13,16)(H,14,15). The zero-order valence-electron chi connectivity index (χ0n) is 9.19. The van der Waals surface area contributed by atoms with Crippen LogP contribution in [0.5, 0.6) is 0 Å². The van der Waals surface area contributed by atoms with Gasteiger partial charge in [-0.15, -0.1) is 0 Å². The number of rotatable bonds is 2. The molecule has 0 aromatic carbocycles. The maximum atomic E-state index is 11.7. The molecular formula is C12H17NO3. The van der Waals surface area contributed by atoms with Gasteiger partial charge >= 0.3 is 5.97 Å². The van der Waals surface area contributed by atoms with Crippen LogP contribution in [0.3, 0.4) is 0 Å². The van der Waals surface area contributed by atoms with Gasteiger partial charge in [-0.2, -0.15) is 0 Å². The highest BCUT2D eigenvalue weighted by Crippen LogP contribution is 2.62. The van der Waals surface area contributed by atoms with E-state index >= 15 is 0 Å². The largest absolute Gasteiger partial charge is 0.481 e. The van der Waals surface area contributed by atoms with Gasteiger partial charge in [0.25, 0.3) is 0 Å². The van der Waals surface area contributed by atoms with Gasteiger partial charge in [0.1, 0.15) is 0 Å². The van der Waals surface area contributed by atoms with Gasteiger partial charge in [0.2, 0.25) is 5.91 Å². The van der Waals surface area contributed by atoms with Crippen molar-refractivity contribution in [2.75, 3.05) is 0 Å². The van der Waals surface area contributed by atoms with E-state index < -0.39 is 17.3 Å². The lowest BCUT2D eigenvalue weighted by Gasteiger charge is -2.58. The second kappa shape index (κ2) is 2.99. The maximum absolute atomic E-state index is 11.7. The van der Waals surface area contributed by atoms with Crippen LogP contribution in [-0.4, -0.2) is 17.0 Å². The van der Waals surface area contributed by atoms with Crippen LogP contribution in [-0.2, 0) is 9.59 Å². The molecule has 1 amide bonds. The van der Waals surface area contributed by atoms with Gasteiger partial charge in [-0.3, -0.25) is 9.59 Å². The lowest BCUT2D eigenvalue weighted by atomic mass is 9.45. The minimum Gasteiger partial charge on any atom is -0.481 e. The molecule has 0 saturated heterocycles. The van der Waals surface area contributed by atoms with Crippen molar-refractivity contribution in [3.8, 4) is 0 Å². The molecular weight excluding hydrogens is 206 g/mol. The lowest BCUT2D eigenvalue weighted by molar-refractivity contribution is -0.177. The maximum Gasteiger partial charge on any atom is 0.307 e. The molecule has 0 aromatic rings.